The molecular weight excluding hydrogens is 499 g/mol. The third-order valence-corrected chi connectivity index (χ3v) is 5.96. The standard InChI is InChI=1S/C28H30Cl2N2O4/c1-19(2)31-28(34)25(15-20-8-5-4-6-9-20)32(17-21-10-7-11-23(14-21)35-3)27(33)18-36-26-13-12-22(29)16-24(26)30/h4-14,16,19,25H,15,17-18H2,1-3H3,(H,31,34)/t25-/m0/s1. The van der Waals surface area contributed by atoms with Gasteiger partial charge in [0, 0.05) is 24.0 Å². The molecule has 0 aliphatic carbocycles. The van der Waals surface area contributed by atoms with Gasteiger partial charge in [0.15, 0.2) is 6.61 Å². The molecule has 0 bridgehead atoms. The minimum absolute atomic E-state index is 0.0892. The van der Waals surface area contributed by atoms with Crippen LogP contribution in [0.3, 0.4) is 0 Å². The first kappa shape index (κ1) is 27.4. The fourth-order valence-electron chi connectivity index (χ4n) is 3.72. The lowest BCUT2D eigenvalue weighted by Crippen LogP contribution is -2.52. The van der Waals surface area contributed by atoms with Crippen molar-refractivity contribution in [1.82, 2.24) is 10.2 Å². The number of benzene rings is 3. The van der Waals surface area contributed by atoms with Crippen molar-refractivity contribution in [3.8, 4) is 11.5 Å². The molecule has 3 aromatic rings. The highest BCUT2D eigenvalue weighted by atomic mass is 35.5. The number of nitrogens with one attached hydrogen (secondary N) is 1. The first-order chi connectivity index (χ1) is 17.3. The van der Waals surface area contributed by atoms with Gasteiger partial charge < -0.3 is 19.7 Å². The smallest absolute Gasteiger partial charge is 0.261 e. The molecule has 0 aliphatic heterocycles. The summed E-state index contributed by atoms with van der Waals surface area (Å²) in [4.78, 5) is 28.5. The van der Waals surface area contributed by atoms with E-state index in [2.05, 4.69) is 5.32 Å². The Morgan fingerprint density at radius 3 is 2.33 bits per heavy atom. The van der Waals surface area contributed by atoms with Gasteiger partial charge in [-0.15, -0.1) is 0 Å². The monoisotopic (exact) mass is 528 g/mol. The van der Waals surface area contributed by atoms with E-state index in [4.69, 9.17) is 32.7 Å². The summed E-state index contributed by atoms with van der Waals surface area (Å²) in [5.41, 5.74) is 1.76. The van der Waals surface area contributed by atoms with E-state index in [1.54, 1.807) is 30.2 Å². The normalized spacial score (nSPS) is 11.6. The summed E-state index contributed by atoms with van der Waals surface area (Å²) in [6.45, 7) is 3.66. The summed E-state index contributed by atoms with van der Waals surface area (Å²) >= 11 is 12.2. The maximum Gasteiger partial charge on any atom is 0.261 e. The minimum atomic E-state index is -0.766. The molecule has 0 saturated heterocycles. The molecule has 0 unspecified atom stereocenters. The van der Waals surface area contributed by atoms with E-state index in [0.29, 0.717) is 28.0 Å². The lowest BCUT2D eigenvalue weighted by molar-refractivity contribution is -0.143. The van der Waals surface area contributed by atoms with E-state index in [1.807, 2.05) is 68.4 Å². The number of rotatable bonds is 11. The first-order valence-corrected chi connectivity index (χ1v) is 12.4. The average molecular weight is 529 g/mol. The molecule has 0 fully saturated rings. The average Bonchev–Trinajstić information content (AvgIpc) is 2.85. The Morgan fingerprint density at radius 2 is 1.67 bits per heavy atom. The van der Waals surface area contributed by atoms with E-state index in [9.17, 15) is 9.59 Å². The highest BCUT2D eigenvalue weighted by Crippen LogP contribution is 2.28. The topological polar surface area (TPSA) is 67.9 Å². The largest absolute Gasteiger partial charge is 0.497 e. The van der Waals surface area contributed by atoms with Crippen molar-refractivity contribution < 1.29 is 19.1 Å². The number of nitrogens with zero attached hydrogens (tertiary/aromatic N) is 1. The molecule has 3 rings (SSSR count). The van der Waals surface area contributed by atoms with Gasteiger partial charge in [-0.05, 0) is 55.3 Å². The molecule has 0 saturated carbocycles. The van der Waals surface area contributed by atoms with Crippen LogP contribution in [0.4, 0.5) is 0 Å². The summed E-state index contributed by atoms with van der Waals surface area (Å²) in [7, 11) is 1.58. The van der Waals surface area contributed by atoms with Crippen LogP contribution >= 0.6 is 23.2 Å². The third-order valence-electron chi connectivity index (χ3n) is 5.43. The molecule has 190 valence electrons. The number of carbonyl (C=O) groups is 2. The van der Waals surface area contributed by atoms with Gasteiger partial charge in [-0.25, -0.2) is 0 Å². The Balaban J connectivity index is 1.93. The second-order valence-corrected chi connectivity index (χ2v) is 9.45. The molecule has 3 aromatic carbocycles. The van der Waals surface area contributed by atoms with E-state index in [-0.39, 0.29) is 31.0 Å². The van der Waals surface area contributed by atoms with Gasteiger partial charge in [-0.3, -0.25) is 9.59 Å². The molecule has 0 aliphatic rings. The zero-order valence-corrected chi connectivity index (χ0v) is 22.1. The SMILES string of the molecule is COc1cccc(CN(C(=O)COc2ccc(Cl)cc2Cl)[C@@H](Cc2ccccc2)C(=O)NC(C)C)c1. The maximum absolute atomic E-state index is 13.6. The van der Waals surface area contributed by atoms with Gasteiger partial charge in [-0.2, -0.15) is 0 Å². The van der Waals surface area contributed by atoms with E-state index < -0.39 is 6.04 Å². The number of ether oxygens (including phenoxy) is 2. The Hall–Kier alpha value is -3.22. The second kappa shape index (κ2) is 13.2. The minimum Gasteiger partial charge on any atom is -0.497 e. The zero-order valence-electron chi connectivity index (χ0n) is 20.5. The van der Waals surface area contributed by atoms with Gasteiger partial charge in [0.05, 0.1) is 12.1 Å². The summed E-state index contributed by atoms with van der Waals surface area (Å²) < 4.78 is 11.1. The Kier molecular flexibility index (Phi) is 10.0. The van der Waals surface area contributed by atoms with Crippen LogP contribution in [-0.2, 0) is 22.6 Å². The highest BCUT2D eigenvalue weighted by molar-refractivity contribution is 6.35. The fourth-order valence-corrected chi connectivity index (χ4v) is 4.18. The summed E-state index contributed by atoms with van der Waals surface area (Å²) in [5, 5.41) is 3.73. The highest BCUT2D eigenvalue weighted by Gasteiger charge is 2.31. The van der Waals surface area contributed by atoms with E-state index in [0.717, 1.165) is 11.1 Å². The number of hydrogen-bond donors (Lipinski definition) is 1. The lowest BCUT2D eigenvalue weighted by atomic mass is 10.0. The van der Waals surface area contributed by atoms with E-state index in [1.165, 1.54) is 0 Å². The predicted molar refractivity (Wildman–Crippen MR) is 143 cm³/mol. The van der Waals surface area contributed by atoms with Crippen molar-refractivity contribution in [1.29, 1.82) is 0 Å². The Morgan fingerprint density at radius 1 is 0.944 bits per heavy atom. The van der Waals surface area contributed by atoms with Crippen LogP contribution in [0.1, 0.15) is 25.0 Å². The Bertz CT molecular complexity index is 1170. The van der Waals surface area contributed by atoms with Crippen molar-refractivity contribution in [2.45, 2.75) is 38.9 Å². The number of carbonyl (C=O) groups excluding carboxylic acids is 2. The molecule has 8 heteroatoms. The molecular formula is C28H30Cl2N2O4. The van der Waals surface area contributed by atoms with Crippen molar-refractivity contribution in [3.05, 3.63) is 94.0 Å². The zero-order chi connectivity index (χ0) is 26.1. The molecule has 0 aromatic heterocycles. The molecule has 6 nitrogen and oxygen atoms in total. The van der Waals surface area contributed by atoms with Gasteiger partial charge >= 0.3 is 0 Å². The van der Waals surface area contributed by atoms with Crippen LogP contribution in [0.5, 0.6) is 11.5 Å². The van der Waals surface area contributed by atoms with E-state index >= 15 is 0 Å². The maximum atomic E-state index is 13.6. The third kappa shape index (κ3) is 7.90. The van der Waals surface area contributed by atoms with Crippen molar-refractivity contribution in [2.75, 3.05) is 13.7 Å². The summed E-state index contributed by atoms with van der Waals surface area (Å²) in [6.07, 6.45) is 0.344. The molecule has 0 spiro atoms. The fraction of sp³-hybridized carbons (Fsp3) is 0.286. The molecule has 36 heavy (non-hydrogen) atoms. The summed E-state index contributed by atoms with van der Waals surface area (Å²) in [6, 6.07) is 21.0. The van der Waals surface area contributed by atoms with Gasteiger partial charge in [0.2, 0.25) is 5.91 Å². The molecule has 2 amide bonds. The van der Waals surface area contributed by atoms with Gasteiger partial charge in [0.1, 0.15) is 17.5 Å². The van der Waals surface area contributed by atoms with Crippen LogP contribution in [0, 0.1) is 0 Å². The Labute approximate surface area is 222 Å². The molecule has 1 atom stereocenters. The second-order valence-electron chi connectivity index (χ2n) is 8.61. The van der Waals surface area contributed by atoms with Gasteiger partial charge in [-0.1, -0.05) is 65.7 Å². The van der Waals surface area contributed by atoms with Crippen molar-refractivity contribution in [2.24, 2.45) is 0 Å². The molecule has 0 heterocycles. The summed E-state index contributed by atoms with van der Waals surface area (Å²) in [5.74, 6) is 0.399. The molecule has 0 radical (unpaired) electrons. The molecule has 1 N–H and O–H groups in total. The van der Waals surface area contributed by atoms with Crippen LogP contribution in [0.25, 0.3) is 0 Å². The van der Waals surface area contributed by atoms with Crippen LogP contribution < -0.4 is 14.8 Å². The number of halogens is 2. The van der Waals surface area contributed by atoms with Crippen LogP contribution in [-0.4, -0.2) is 42.5 Å². The van der Waals surface area contributed by atoms with Crippen LogP contribution in [0.15, 0.2) is 72.8 Å². The number of amides is 2. The number of methoxy groups -OCH3 is 1. The number of hydrogen-bond acceptors (Lipinski definition) is 4. The lowest BCUT2D eigenvalue weighted by Gasteiger charge is -2.32. The quantitative estimate of drug-likeness (QED) is 0.354. The van der Waals surface area contributed by atoms with Crippen molar-refractivity contribution >= 4 is 35.0 Å². The predicted octanol–water partition coefficient (Wildman–Crippen LogP) is 5.55. The van der Waals surface area contributed by atoms with Crippen molar-refractivity contribution in [3.63, 3.8) is 0 Å². The first-order valence-electron chi connectivity index (χ1n) is 11.6. The van der Waals surface area contributed by atoms with Gasteiger partial charge in [0.25, 0.3) is 5.91 Å². The van der Waals surface area contributed by atoms with Crippen LogP contribution in [0.2, 0.25) is 10.0 Å².